The van der Waals surface area contributed by atoms with Crippen molar-refractivity contribution in [1.29, 1.82) is 0 Å². The summed E-state index contributed by atoms with van der Waals surface area (Å²) in [6.45, 7) is 6.98. The van der Waals surface area contributed by atoms with Crippen molar-refractivity contribution in [3.8, 4) is 0 Å². The Bertz CT molecular complexity index is 435. The number of ether oxygens (including phenoxy) is 1. The summed E-state index contributed by atoms with van der Waals surface area (Å²) in [5, 5.41) is 0. The van der Waals surface area contributed by atoms with Crippen molar-refractivity contribution < 1.29 is 4.74 Å². The lowest BCUT2D eigenvalue weighted by Gasteiger charge is -2.60. The number of hydrogen-bond donors (Lipinski definition) is 1. The van der Waals surface area contributed by atoms with Crippen LogP contribution in [0, 0.1) is 5.41 Å². The summed E-state index contributed by atoms with van der Waals surface area (Å²) in [6, 6.07) is 9.19. The second kappa shape index (κ2) is 4.60. The van der Waals surface area contributed by atoms with E-state index in [2.05, 4.69) is 38.1 Å². The summed E-state index contributed by atoms with van der Waals surface area (Å²) in [6.07, 6.45) is 3.85. The van der Waals surface area contributed by atoms with Gasteiger partial charge >= 0.3 is 0 Å². The van der Waals surface area contributed by atoms with E-state index in [0.717, 1.165) is 19.8 Å². The van der Waals surface area contributed by atoms with E-state index in [1.165, 1.54) is 30.4 Å². The molecular formula is C17H25NO. The Morgan fingerprint density at radius 3 is 2.11 bits per heavy atom. The summed E-state index contributed by atoms with van der Waals surface area (Å²) >= 11 is 0. The zero-order chi connectivity index (χ0) is 13.5. The Morgan fingerprint density at radius 2 is 1.79 bits per heavy atom. The van der Waals surface area contributed by atoms with Crippen LogP contribution in [-0.4, -0.2) is 19.8 Å². The Morgan fingerprint density at radius 1 is 1.16 bits per heavy atom. The predicted molar refractivity (Wildman–Crippen MR) is 78.4 cm³/mol. The van der Waals surface area contributed by atoms with Crippen molar-refractivity contribution in [3.63, 3.8) is 0 Å². The van der Waals surface area contributed by atoms with Gasteiger partial charge < -0.3 is 10.5 Å². The average molecular weight is 259 g/mol. The maximum atomic E-state index is 6.12. The topological polar surface area (TPSA) is 35.2 Å². The Labute approximate surface area is 116 Å². The van der Waals surface area contributed by atoms with Crippen molar-refractivity contribution in [2.45, 2.75) is 44.4 Å². The molecule has 2 fully saturated rings. The van der Waals surface area contributed by atoms with E-state index in [1.54, 1.807) is 0 Å². The molecule has 19 heavy (non-hydrogen) atoms. The molecule has 1 aromatic carbocycles. The van der Waals surface area contributed by atoms with E-state index in [9.17, 15) is 0 Å². The fourth-order valence-corrected chi connectivity index (χ4v) is 3.75. The number of hydrogen-bond acceptors (Lipinski definition) is 2. The van der Waals surface area contributed by atoms with E-state index < -0.39 is 0 Å². The predicted octanol–water partition coefficient (Wildman–Crippen LogP) is 3.21. The van der Waals surface area contributed by atoms with Gasteiger partial charge in [0.15, 0.2) is 0 Å². The van der Waals surface area contributed by atoms with Gasteiger partial charge in [0.2, 0.25) is 0 Å². The van der Waals surface area contributed by atoms with E-state index in [0.29, 0.717) is 11.3 Å². The molecule has 1 aromatic rings. The molecule has 0 amide bonds. The van der Waals surface area contributed by atoms with Gasteiger partial charge in [-0.1, -0.05) is 44.5 Å². The van der Waals surface area contributed by atoms with Gasteiger partial charge in [0.1, 0.15) is 0 Å². The Balaban J connectivity index is 1.94. The van der Waals surface area contributed by atoms with Gasteiger partial charge in [0.05, 0.1) is 13.2 Å². The fourth-order valence-electron chi connectivity index (χ4n) is 3.75. The standard InChI is InChI=1S/C17H25NO/c1-13(2)14-4-6-15(7-5-14)17(11-19-12-17)16(10-18)8-3-9-16/h4-7,13H,3,8-12,18H2,1-2H3. The number of rotatable bonds is 4. The molecule has 0 spiro atoms. The van der Waals surface area contributed by atoms with E-state index >= 15 is 0 Å². The number of benzene rings is 1. The van der Waals surface area contributed by atoms with Crippen molar-refractivity contribution in [3.05, 3.63) is 35.4 Å². The highest BCUT2D eigenvalue weighted by Gasteiger charge is 2.58. The molecule has 1 heterocycles. The van der Waals surface area contributed by atoms with Crippen LogP contribution in [0.4, 0.5) is 0 Å². The van der Waals surface area contributed by atoms with Gasteiger partial charge in [-0.3, -0.25) is 0 Å². The normalized spacial score (nSPS) is 23.8. The van der Waals surface area contributed by atoms with Crippen molar-refractivity contribution in [1.82, 2.24) is 0 Å². The van der Waals surface area contributed by atoms with E-state index in [4.69, 9.17) is 10.5 Å². The van der Waals surface area contributed by atoms with Crippen molar-refractivity contribution >= 4 is 0 Å². The maximum absolute atomic E-state index is 6.12. The second-order valence-electron chi connectivity index (χ2n) is 6.69. The van der Waals surface area contributed by atoms with Crippen LogP contribution in [0.25, 0.3) is 0 Å². The van der Waals surface area contributed by atoms with Crippen LogP contribution in [-0.2, 0) is 10.2 Å². The molecule has 3 rings (SSSR count). The molecule has 2 N–H and O–H groups in total. The molecule has 0 atom stereocenters. The molecule has 1 aliphatic heterocycles. The first-order chi connectivity index (χ1) is 9.13. The minimum atomic E-state index is 0.190. The Hall–Kier alpha value is -0.860. The van der Waals surface area contributed by atoms with Crippen molar-refractivity contribution in [2.24, 2.45) is 11.1 Å². The van der Waals surface area contributed by atoms with Gasteiger partial charge in [0, 0.05) is 5.41 Å². The summed E-state index contributed by atoms with van der Waals surface area (Å²) < 4.78 is 5.60. The molecule has 1 saturated carbocycles. The third-order valence-electron chi connectivity index (χ3n) is 5.54. The van der Waals surface area contributed by atoms with Crippen LogP contribution in [0.15, 0.2) is 24.3 Å². The van der Waals surface area contributed by atoms with Crippen LogP contribution in [0.2, 0.25) is 0 Å². The van der Waals surface area contributed by atoms with Crippen LogP contribution in [0.5, 0.6) is 0 Å². The average Bonchev–Trinajstić information content (AvgIpc) is 2.31. The molecule has 2 heteroatoms. The smallest absolute Gasteiger partial charge is 0.0591 e. The third-order valence-corrected chi connectivity index (χ3v) is 5.54. The zero-order valence-corrected chi connectivity index (χ0v) is 12.1. The minimum absolute atomic E-state index is 0.190. The summed E-state index contributed by atoms with van der Waals surface area (Å²) in [5.74, 6) is 0.592. The molecule has 0 aromatic heterocycles. The molecule has 0 unspecified atom stereocenters. The van der Waals surface area contributed by atoms with Gasteiger partial charge in [-0.15, -0.1) is 0 Å². The lowest BCUT2D eigenvalue weighted by Crippen LogP contribution is -2.64. The van der Waals surface area contributed by atoms with Gasteiger partial charge in [-0.25, -0.2) is 0 Å². The van der Waals surface area contributed by atoms with Gasteiger partial charge in [-0.05, 0) is 41.8 Å². The maximum Gasteiger partial charge on any atom is 0.0591 e. The fraction of sp³-hybridized carbons (Fsp3) is 0.647. The summed E-state index contributed by atoms with van der Waals surface area (Å²) in [4.78, 5) is 0. The SMILES string of the molecule is CC(C)c1ccc(C2(C3(CN)CCC3)COC2)cc1. The van der Waals surface area contributed by atoms with Crippen LogP contribution in [0.1, 0.15) is 50.2 Å². The first kappa shape index (κ1) is 13.1. The largest absolute Gasteiger partial charge is 0.379 e. The molecule has 1 aliphatic carbocycles. The first-order valence-corrected chi connectivity index (χ1v) is 7.52. The third kappa shape index (κ3) is 1.77. The molecule has 1 saturated heterocycles. The highest BCUT2D eigenvalue weighted by molar-refractivity contribution is 5.36. The highest BCUT2D eigenvalue weighted by Crippen LogP contribution is 2.57. The molecule has 0 bridgehead atoms. The summed E-state index contributed by atoms with van der Waals surface area (Å²) in [5.41, 5.74) is 9.46. The number of nitrogens with two attached hydrogens (primary N) is 1. The molecule has 2 nitrogen and oxygen atoms in total. The summed E-state index contributed by atoms with van der Waals surface area (Å²) in [7, 11) is 0. The van der Waals surface area contributed by atoms with E-state index in [1.807, 2.05) is 0 Å². The lowest BCUT2D eigenvalue weighted by atomic mass is 9.50. The minimum Gasteiger partial charge on any atom is -0.379 e. The second-order valence-corrected chi connectivity index (χ2v) is 6.69. The zero-order valence-electron chi connectivity index (χ0n) is 12.1. The Kier molecular flexibility index (Phi) is 3.18. The molecular weight excluding hydrogens is 234 g/mol. The molecule has 2 aliphatic rings. The first-order valence-electron chi connectivity index (χ1n) is 7.52. The van der Waals surface area contributed by atoms with Gasteiger partial charge in [-0.2, -0.15) is 0 Å². The molecule has 104 valence electrons. The lowest BCUT2D eigenvalue weighted by molar-refractivity contribution is -0.153. The van der Waals surface area contributed by atoms with Crippen LogP contribution in [0.3, 0.4) is 0 Å². The highest BCUT2D eigenvalue weighted by atomic mass is 16.5. The van der Waals surface area contributed by atoms with E-state index in [-0.39, 0.29) is 5.41 Å². The van der Waals surface area contributed by atoms with Crippen LogP contribution < -0.4 is 5.73 Å². The van der Waals surface area contributed by atoms with Gasteiger partial charge in [0.25, 0.3) is 0 Å². The molecule has 0 radical (unpaired) electrons. The van der Waals surface area contributed by atoms with Crippen LogP contribution >= 0.6 is 0 Å². The quantitative estimate of drug-likeness (QED) is 0.901. The monoisotopic (exact) mass is 259 g/mol. The van der Waals surface area contributed by atoms with Crippen molar-refractivity contribution in [2.75, 3.05) is 19.8 Å².